The number of alkyl halides is 3. The summed E-state index contributed by atoms with van der Waals surface area (Å²) in [6, 6.07) is 8.54. The molecule has 2 amide bonds. The number of nitrogens with zero attached hydrogens (tertiary/aromatic N) is 1. The third kappa shape index (κ3) is 5.48. The molecule has 1 aliphatic heterocycles. The summed E-state index contributed by atoms with van der Waals surface area (Å²) in [6.07, 6.45) is -5.60. The number of hydrogen-bond acceptors (Lipinski definition) is 6. The molecule has 4 rings (SSSR count). The first-order valence-corrected chi connectivity index (χ1v) is 11.5. The van der Waals surface area contributed by atoms with Gasteiger partial charge in [-0.25, -0.2) is 13.8 Å². The van der Waals surface area contributed by atoms with Crippen LogP contribution in [0.3, 0.4) is 0 Å². The van der Waals surface area contributed by atoms with E-state index in [0.29, 0.717) is 0 Å². The molecule has 0 unspecified atom stereocenters. The van der Waals surface area contributed by atoms with Crippen molar-refractivity contribution in [3.8, 4) is 22.8 Å². The fourth-order valence-electron chi connectivity index (χ4n) is 4.16. The van der Waals surface area contributed by atoms with Gasteiger partial charge in [-0.2, -0.15) is 13.2 Å². The molecule has 1 aliphatic rings. The Bertz CT molecular complexity index is 1410. The van der Waals surface area contributed by atoms with Crippen molar-refractivity contribution >= 4 is 11.8 Å². The van der Waals surface area contributed by atoms with E-state index in [1.54, 1.807) is 0 Å². The highest BCUT2D eigenvalue weighted by Crippen LogP contribution is 2.46. The average Bonchev–Trinajstić information content (AvgIpc) is 3.28. The quantitative estimate of drug-likeness (QED) is 0.368. The summed E-state index contributed by atoms with van der Waals surface area (Å²) in [7, 11) is 1.15. The Kier molecular flexibility index (Phi) is 7.46. The van der Waals surface area contributed by atoms with Gasteiger partial charge in [0.15, 0.2) is 11.6 Å². The Morgan fingerprint density at radius 3 is 2.46 bits per heavy atom. The first-order valence-electron chi connectivity index (χ1n) is 11.5. The lowest BCUT2D eigenvalue weighted by Gasteiger charge is -2.31. The zero-order chi connectivity index (χ0) is 28.5. The van der Waals surface area contributed by atoms with Gasteiger partial charge in [0.25, 0.3) is 5.91 Å². The maximum atomic E-state index is 14.4. The Hall–Kier alpha value is -4.26. The summed E-state index contributed by atoms with van der Waals surface area (Å²) in [6.45, 7) is -1.46. The van der Waals surface area contributed by atoms with Gasteiger partial charge in [-0.1, -0.05) is 0 Å². The molecule has 0 spiro atoms. The predicted octanol–water partition coefficient (Wildman–Crippen LogP) is 3.57. The van der Waals surface area contributed by atoms with Crippen molar-refractivity contribution < 1.29 is 46.1 Å². The normalized spacial score (nSPS) is 16.1. The molecule has 0 fully saturated rings. The van der Waals surface area contributed by atoms with Crippen LogP contribution >= 0.6 is 0 Å². The number of hydrogen-bond donors (Lipinski definition) is 3. The van der Waals surface area contributed by atoms with Crippen LogP contribution in [-0.4, -0.2) is 48.3 Å². The maximum Gasteiger partial charge on any atom is 0.424 e. The fourth-order valence-corrected chi connectivity index (χ4v) is 4.16. The van der Waals surface area contributed by atoms with Gasteiger partial charge in [0.1, 0.15) is 17.3 Å². The maximum absolute atomic E-state index is 14.4. The van der Waals surface area contributed by atoms with E-state index in [1.807, 2.05) is 5.32 Å². The molecule has 39 heavy (non-hydrogen) atoms. The average molecular weight is 551 g/mol. The number of methoxy groups -OCH3 is 1. The predicted molar refractivity (Wildman–Crippen MR) is 127 cm³/mol. The molecule has 2 aromatic carbocycles. The number of primary amides is 1. The van der Waals surface area contributed by atoms with Crippen molar-refractivity contribution in [1.82, 2.24) is 10.3 Å². The number of rotatable bonds is 8. The zero-order valence-corrected chi connectivity index (χ0v) is 20.3. The molecule has 0 bridgehead atoms. The Morgan fingerprint density at radius 2 is 1.85 bits per heavy atom. The van der Waals surface area contributed by atoms with Gasteiger partial charge < -0.3 is 25.6 Å². The summed E-state index contributed by atoms with van der Waals surface area (Å²) < 4.78 is 80.8. The van der Waals surface area contributed by atoms with Gasteiger partial charge >= 0.3 is 6.18 Å². The second-order valence-corrected chi connectivity index (χ2v) is 8.85. The number of ether oxygens (including phenoxy) is 2. The fraction of sp³-hybridized carbons (Fsp3) is 0.269. The number of amides is 2. The molecule has 2 atom stereocenters. The molecule has 0 saturated heterocycles. The van der Waals surface area contributed by atoms with Crippen molar-refractivity contribution in [3.63, 3.8) is 0 Å². The number of benzene rings is 2. The highest BCUT2D eigenvalue weighted by atomic mass is 19.4. The van der Waals surface area contributed by atoms with Gasteiger partial charge in [-0.15, -0.1) is 0 Å². The van der Waals surface area contributed by atoms with Crippen LogP contribution in [0.4, 0.5) is 22.0 Å². The highest BCUT2D eigenvalue weighted by molar-refractivity contribution is 5.94. The molecule has 8 nitrogen and oxygen atoms in total. The van der Waals surface area contributed by atoms with Crippen molar-refractivity contribution in [3.05, 3.63) is 77.0 Å². The van der Waals surface area contributed by atoms with Crippen LogP contribution in [0.25, 0.3) is 11.3 Å². The largest absolute Gasteiger partial charge is 0.494 e. The lowest BCUT2D eigenvalue weighted by Crippen LogP contribution is -2.51. The summed E-state index contributed by atoms with van der Waals surface area (Å²) in [5, 5.41) is 13.0. The first kappa shape index (κ1) is 27.8. The standard InChI is InChI=1S/C26H22F5N3O5/c1-38-19-8-14(4-7-18(19)28)24(36)33-12-25(37,26(29,30)31)20-10-17-15(9-21(32)35)11-39-23(17)22(34-20)13-2-5-16(27)6-3-13/h2-8,10,15,37H,9,11-12H2,1H3,(H2,32,35)(H,33,36)/t15-,25+/m1/s1. The van der Waals surface area contributed by atoms with Gasteiger partial charge in [0.05, 0.1) is 26.0 Å². The lowest BCUT2D eigenvalue weighted by molar-refractivity contribution is -0.265. The number of aromatic nitrogens is 1. The Labute approximate surface area is 218 Å². The minimum Gasteiger partial charge on any atom is -0.494 e. The van der Waals surface area contributed by atoms with Crippen molar-refractivity contribution in [2.24, 2.45) is 5.73 Å². The topological polar surface area (TPSA) is 124 Å². The second-order valence-electron chi connectivity index (χ2n) is 8.85. The van der Waals surface area contributed by atoms with Crippen LogP contribution in [0.5, 0.6) is 11.5 Å². The molecular formula is C26H22F5N3O5. The van der Waals surface area contributed by atoms with E-state index in [4.69, 9.17) is 15.2 Å². The van der Waals surface area contributed by atoms with Crippen LogP contribution in [0.2, 0.25) is 0 Å². The zero-order valence-electron chi connectivity index (χ0n) is 20.3. The summed E-state index contributed by atoms with van der Waals surface area (Å²) in [4.78, 5) is 28.2. The Balaban J connectivity index is 1.78. The summed E-state index contributed by atoms with van der Waals surface area (Å²) in [5.41, 5.74) is 0.646. The number of pyridine rings is 1. The molecule has 3 aromatic rings. The lowest BCUT2D eigenvalue weighted by atomic mass is 9.90. The summed E-state index contributed by atoms with van der Waals surface area (Å²) >= 11 is 0. The van der Waals surface area contributed by atoms with E-state index in [-0.39, 0.29) is 46.9 Å². The first-order chi connectivity index (χ1) is 18.3. The van der Waals surface area contributed by atoms with Crippen LogP contribution < -0.4 is 20.5 Å². The van der Waals surface area contributed by atoms with Crippen LogP contribution in [0.15, 0.2) is 48.5 Å². The van der Waals surface area contributed by atoms with Crippen molar-refractivity contribution in [1.29, 1.82) is 0 Å². The number of nitrogens with two attached hydrogens (primary N) is 1. The molecule has 13 heteroatoms. The molecule has 1 aromatic heterocycles. The van der Waals surface area contributed by atoms with Crippen LogP contribution in [-0.2, 0) is 10.4 Å². The minimum absolute atomic E-state index is 0.0589. The van der Waals surface area contributed by atoms with Gasteiger partial charge in [0.2, 0.25) is 11.5 Å². The SMILES string of the molecule is COc1cc(C(=O)NC[C@](O)(c2cc3c(c(-c4ccc(F)cc4)n2)OC[C@H]3CC(N)=O)C(F)(F)F)ccc1F. The third-order valence-corrected chi connectivity index (χ3v) is 6.25. The van der Waals surface area contributed by atoms with E-state index in [9.17, 15) is 36.6 Å². The van der Waals surface area contributed by atoms with Gasteiger partial charge in [-0.05, 0) is 48.5 Å². The molecule has 206 valence electrons. The molecule has 0 saturated carbocycles. The minimum atomic E-state index is -5.35. The van der Waals surface area contributed by atoms with Crippen LogP contribution in [0.1, 0.15) is 34.0 Å². The van der Waals surface area contributed by atoms with E-state index >= 15 is 0 Å². The molecule has 0 radical (unpaired) electrons. The van der Waals surface area contributed by atoms with E-state index in [0.717, 1.165) is 43.5 Å². The number of carbonyl (C=O) groups is 2. The molecule has 0 aliphatic carbocycles. The number of aliphatic hydroxyl groups is 1. The van der Waals surface area contributed by atoms with E-state index in [1.165, 1.54) is 12.1 Å². The Morgan fingerprint density at radius 1 is 1.15 bits per heavy atom. The number of carbonyl (C=O) groups excluding carboxylic acids is 2. The number of halogens is 5. The highest BCUT2D eigenvalue weighted by Gasteiger charge is 2.57. The molecular weight excluding hydrogens is 529 g/mol. The third-order valence-electron chi connectivity index (χ3n) is 6.25. The second kappa shape index (κ2) is 10.5. The smallest absolute Gasteiger partial charge is 0.424 e. The number of fused-ring (bicyclic) bond motifs is 1. The molecule has 4 N–H and O–H groups in total. The van der Waals surface area contributed by atoms with Crippen LogP contribution in [0, 0.1) is 11.6 Å². The van der Waals surface area contributed by atoms with Crippen molar-refractivity contribution in [2.45, 2.75) is 24.1 Å². The van der Waals surface area contributed by atoms with E-state index in [2.05, 4.69) is 4.98 Å². The van der Waals surface area contributed by atoms with Gasteiger partial charge in [0, 0.05) is 29.0 Å². The van der Waals surface area contributed by atoms with Crippen molar-refractivity contribution in [2.75, 3.05) is 20.3 Å². The van der Waals surface area contributed by atoms with Gasteiger partial charge in [-0.3, -0.25) is 9.59 Å². The molecule has 2 heterocycles. The number of nitrogens with one attached hydrogen (secondary N) is 1. The summed E-state index contributed by atoms with van der Waals surface area (Å²) in [5.74, 6) is -4.16. The monoisotopic (exact) mass is 551 g/mol. The van der Waals surface area contributed by atoms with E-state index < -0.39 is 53.4 Å².